The number of aryl methyl sites for hydroxylation is 1. The third-order valence-corrected chi connectivity index (χ3v) is 3.61. The van der Waals surface area contributed by atoms with Gasteiger partial charge in [-0.3, -0.25) is 4.79 Å². The van der Waals surface area contributed by atoms with Crippen molar-refractivity contribution in [2.75, 3.05) is 18.5 Å². The third kappa shape index (κ3) is 3.54. The van der Waals surface area contributed by atoms with Gasteiger partial charge in [0.1, 0.15) is 18.1 Å². The van der Waals surface area contributed by atoms with E-state index in [4.69, 9.17) is 9.47 Å². The molecular formula is C19H19NO3. The topological polar surface area (TPSA) is 47.6 Å². The maximum atomic E-state index is 12.4. The number of hydrogen-bond acceptors (Lipinski definition) is 3. The van der Waals surface area contributed by atoms with Crippen LogP contribution in [0.5, 0.6) is 11.5 Å². The van der Waals surface area contributed by atoms with Crippen LogP contribution in [0.4, 0.5) is 5.69 Å². The van der Waals surface area contributed by atoms with Crippen molar-refractivity contribution in [2.24, 2.45) is 0 Å². The Morgan fingerprint density at radius 1 is 1.22 bits per heavy atom. The van der Waals surface area contributed by atoms with Crippen molar-refractivity contribution in [2.45, 2.75) is 13.8 Å². The summed E-state index contributed by atoms with van der Waals surface area (Å²) in [4.78, 5) is 12.4. The molecule has 0 aliphatic carbocycles. The number of benzene rings is 2. The molecular weight excluding hydrogens is 290 g/mol. The molecule has 0 saturated carbocycles. The van der Waals surface area contributed by atoms with Crippen LogP contribution in [-0.2, 0) is 4.79 Å². The fourth-order valence-corrected chi connectivity index (χ4v) is 2.39. The van der Waals surface area contributed by atoms with Gasteiger partial charge >= 0.3 is 0 Å². The third-order valence-electron chi connectivity index (χ3n) is 3.61. The zero-order valence-electron chi connectivity index (χ0n) is 13.3. The Bertz CT molecular complexity index is 748. The minimum Gasteiger partial charge on any atom is -0.494 e. The monoisotopic (exact) mass is 309 g/mol. The number of carbonyl (C=O) groups is 1. The Balaban J connectivity index is 1.79. The minimum absolute atomic E-state index is 0.152. The Labute approximate surface area is 135 Å². The lowest BCUT2D eigenvalue weighted by molar-refractivity contribution is -0.113. The van der Waals surface area contributed by atoms with Gasteiger partial charge in [-0.15, -0.1) is 0 Å². The molecule has 1 aliphatic heterocycles. The molecule has 0 spiro atoms. The van der Waals surface area contributed by atoms with Gasteiger partial charge in [-0.2, -0.15) is 0 Å². The second kappa shape index (κ2) is 6.57. The second-order valence-corrected chi connectivity index (χ2v) is 5.41. The van der Waals surface area contributed by atoms with Crippen molar-refractivity contribution in [3.05, 3.63) is 59.2 Å². The molecule has 4 heteroatoms. The predicted octanol–water partition coefficient (Wildman–Crippen LogP) is 3.81. The summed E-state index contributed by atoms with van der Waals surface area (Å²) in [6, 6.07) is 13.3. The number of ether oxygens (including phenoxy) is 2. The Morgan fingerprint density at radius 3 is 2.74 bits per heavy atom. The van der Waals surface area contributed by atoms with Crippen LogP contribution in [0.15, 0.2) is 48.0 Å². The van der Waals surface area contributed by atoms with Crippen LogP contribution in [0.2, 0.25) is 0 Å². The first-order chi connectivity index (χ1) is 11.2. The predicted molar refractivity (Wildman–Crippen MR) is 90.9 cm³/mol. The molecule has 23 heavy (non-hydrogen) atoms. The highest BCUT2D eigenvalue weighted by molar-refractivity contribution is 6.07. The summed E-state index contributed by atoms with van der Waals surface area (Å²) in [6.07, 6.45) is 1.85. The lowest BCUT2D eigenvalue weighted by atomic mass is 10.1. The number of rotatable bonds is 4. The van der Waals surface area contributed by atoms with Crippen molar-refractivity contribution in [3.8, 4) is 11.5 Å². The Kier molecular flexibility index (Phi) is 4.33. The fourth-order valence-electron chi connectivity index (χ4n) is 2.39. The highest BCUT2D eigenvalue weighted by atomic mass is 16.5. The summed E-state index contributed by atoms with van der Waals surface area (Å²) in [5.41, 5.74) is 3.37. The summed E-state index contributed by atoms with van der Waals surface area (Å²) in [5, 5.41) is 2.89. The Morgan fingerprint density at radius 2 is 2.00 bits per heavy atom. The molecule has 2 aromatic rings. The molecule has 0 radical (unpaired) electrons. The fraction of sp³-hybridized carbons (Fsp3) is 0.211. The lowest BCUT2D eigenvalue weighted by Gasteiger charge is -2.18. The van der Waals surface area contributed by atoms with Crippen LogP contribution in [0.1, 0.15) is 18.1 Å². The van der Waals surface area contributed by atoms with E-state index in [1.807, 2.05) is 62.4 Å². The molecule has 1 aliphatic rings. The Hall–Kier alpha value is -2.75. The van der Waals surface area contributed by atoms with E-state index >= 15 is 0 Å². The van der Waals surface area contributed by atoms with Gasteiger partial charge in [0.05, 0.1) is 12.2 Å². The van der Waals surface area contributed by atoms with Crippen molar-refractivity contribution in [1.29, 1.82) is 0 Å². The van der Waals surface area contributed by atoms with Gasteiger partial charge < -0.3 is 14.8 Å². The molecule has 0 bridgehead atoms. The van der Waals surface area contributed by atoms with Crippen LogP contribution < -0.4 is 14.8 Å². The van der Waals surface area contributed by atoms with Crippen LogP contribution in [0, 0.1) is 6.92 Å². The van der Waals surface area contributed by atoms with E-state index < -0.39 is 0 Å². The van der Waals surface area contributed by atoms with Crippen molar-refractivity contribution < 1.29 is 14.3 Å². The summed E-state index contributed by atoms with van der Waals surface area (Å²) >= 11 is 0. The van der Waals surface area contributed by atoms with Gasteiger partial charge in [0.2, 0.25) is 0 Å². The van der Waals surface area contributed by atoms with Gasteiger partial charge in [0, 0.05) is 11.3 Å². The van der Waals surface area contributed by atoms with E-state index in [0.717, 1.165) is 28.3 Å². The van der Waals surface area contributed by atoms with E-state index in [0.29, 0.717) is 12.2 Å². The molecule has 1 heterocycles. The number of amides is 1. The molecule has 118 valence electrons. The molecule has 3 rings (SSSR count). The van der Waals surface area contributed by atoms with E-state index in [1.54, 1.807) is 0 Å². The van der Waals surface area contributed by atoms with E-state index in [-0.39, 0.29) is 12.5 Å². The normalized spacial score (nSPS) is 12.7. The largest absolute Gasteiger partial charge is 0.494 e. The molecule has 0 unspecified atom stereocenters. The maximum absolute atomic E-state index is 12.4. The average molecular weight is 309 g/mol. The standard InChI is InChI=1S/C19H19NO3/c1-3-22-17-8-9-18-14(11-17)10-15(12-23-18)19(21)20-16-6-4-13(2)5-7-16/h4-11H,3,12H2,1-2H3,(H,20,21). The lowest BCUT2D eigenvalue weighted by Crippen LogP contribution is -2.21. The first kappa shape index (κ1) is 15.2. The van der Waals surface area contributed by atoms with Crippen LogP contribution in [0.3, 0.4) is 0 Å². The molecule has 0 atom stereocenters. The van der Waals surface area contributed by atoms with Crippen molar-refractivity contribution >= 4 is 17.7 Å². The quantitative estimate of drug-likeness (QED) is 0.934. The zero-order valence-corrected chi connectivity index (χ0v) is 13.3. The summed E-state index contributed by atoms with van der Waals surface area (Å²) in [5.74, 6) is 1.38. The van der Waals surface area contributed by atoms with E-state index in [1.165, 1.54) is 0 Å². The number of nitrogens with one attached hydrogen (secondary N) is 1. The molecule has 4 nitrogen and oxygen atoms in total. The molecule has 2 aromatic carbocycles. The van der Waals surface area contributed by atoms with Gasteiger partial charge in [-0.25, -0.2) is 0 Å². The number of fused-ring (bicyclic) bond motifs is 1. The van der Waals surface area contributed by atoms with Gasteiger partial charge in [0.15, 0.2) is 0 Å². The van der Waals surface area contributed by atoms with Gasteiger partial charge in [-0.05, 0) is 50.3 Å². The number of hydrogen-bond donors (Lipinski definition) is 1. The van der Waals surface area contributed by atoms with E-state index in [2.05, 4.69) is 5.32 Å². The highest BCUT2D eigenvalue weighted by Crippen LogP contribution is 2.30. The smallest absolute Gasteiger partial charge is 0.255 e. The van der Waals surface area contributed by atoms with Gasteiger partial charge in [-0.1, -0.05) is 17.7 Å². The number of carbonyl (C=O) groups excluding carboxylic acids is 1. The zero-order chi connectivity index (χ0) is 16.2. The molecule has 1 N–H and O–H groups in total. The highest BCUT2D eigenvalue weighted by Gasteiger charge is 2.18. The summed E-state index contributed by atoms with van der Waals surface area (Å²) < 4.78 is 11.2. The van der Waals surface area contributed by atoms with Crippen LogP contribution >= 0.6 is 0 Å². The maximum Gasteiger partial charge on any atom is 0.255 e. The molecule has 0 saturated heterocycles. The summed E-state index contributed by atoms with van der Waals surface area (Å²) in [6.45, 7) is 4.81. The van der Waals surface area contributed by atoms with Crippen LogP contribution in [-0.4, -0.2) is 19.1 Å². The first-order valence-corrected chi connectivity index (χ1v) is 7.64. The van der Waals surface area contributed by atoms with Crippen LogP contribution in [0.25, 0.3) is 6.08 Å². The molecule has 0 aromatic heterocycles. The van der Waals surface area contributed by atoms with Crippen molar-refractivity contribution in [3.63, 3.8) is 0 Å². The average Bonchev–Trinajstić information content (AvgIpc) is 2.56. The minimum atomic E-state index is -0.152. The molecule has 0 fully saturated rings. The van der Waals surface area contributed by atoms with E-state index in [9.17, 15) is 4.79 Å². The SMILES string of the molecule is CCOc1ccc2c(c1)C=C(C(=O)Nc1ccc(C)cc1)CO2. The first-order valence-electron chi connectivity index (χ1n) is 7.64. The molecule has 1 amide bonds. The second-order valence-electron chi connectivity index (χ2n) is 5.41. The summed E-state index contributed by atoms with van der Waals surface area (Å²) in [7, 11) is 0. The van der Waals surface area contributed by atoms with Crippen molar-refractivity contribution in [1.82, 2.24) is 0 Å². The van der Waals surface area contributed by atoms with Gasteiger partial charge in [0.25, 0.3) is 5.91 Å². The number of anilines is 1.